The summed E-state index contributed by atoms with van der Waals surface area (Å²) in [7, 11) is 5.32. The first-order valence-corrected chi connectivity index (χ1v) is 13.2. The summed E-state index contributed by atoms with van der Waals surface area (Å²) in [6.07, 6.45) is 2.05. The van der Waals surface area contributed by atoms with E-state index >= 15 is 0 Å². The minimum absolute atomic E-state index is 0.104. The van der Waals surface area contributed by atoms with Crippen LogP contribution < -0.4 is 25.0 Å². The van der Waals surface area contributed by atoms with Gasteiger partial charge in [0.15, 0.2) is 5.65 Å². The quantitative estimate of drug-likeness (QED) is 0.313. The van der Waals surface area contributed by atoms with Crippen molar-refractivity contribution in [3.05, 3.63) is 71.9 Å². The van der Waals surface area contributed by atoms with Crippen molar-refractivity contribution < 1.29 is 19.1 Å². The number of amides is 2. The summed E-state index contributed by atoms with van der Waals surface area (Å²) in [5, 5.41) is 10.7. The standard InChI is InChI=1S/C29H33N7O4/c1-5-40-24-9-7-6-8-22(24)31-25-16-26(35(3)18-19-10-12-20(39-4)13-11-19)36-27(33-25)21(17-30-36)28(37)32-23-14-15-34(2)29(23)38/h6-13,16-17,23H,5,14-15,18H2,1-4H3,(H,31,33)(H,32,37). The predicted molar refractivity (Wildman–Crippen MR) is 152 cm³/mol. The zero-order valence-corrected chi connectivity index (χ0v) is 23.0. The van der Waals surface area contributed by atoms with E-state index in [9.17, 15) is 9.59 Å². The minimum atomic E-state index is -0.566. The number of methoxy groups -OCH3 is 1. The molecule has 2 aromatic heterocycles. The molecule has 11 nitrogen and oxygen atoms in total. The average molecular weight is 544 g/mol. The summed E-state index contributed by atoms with van der Waals surface area (Å²) >= 11 is 0. The summed E-state index contributed by atoms with van der Waals surface area (Å²) < 4.78 is 12.7. The average Bonchev–Trinajstić information content (AvgIpc) is 3.53. The number of benzene rings is 2. The van der Waals surface area contributed by atoms with Crippen molar-refractivity contribution in [1.29, 1.82) is 0 Å². The number of hydrogen-bond acceptors (Lipinski definition) is 8. The second kappa shape index (κ2) is 11.5. The molecule has 1 atom stereocenters. The molecule has 0 radical (unpaired) electrons. The summed E-state index contributed by atoms with van der Waals surface area (Å²) in [6.45, 7) is 3.62. The van der Waals surface area contributed by atoms with Crippen LogP contribution in [-0.2, 0) is 11.3 Å². The zero-order chi connectivity index (χ0) is 28.2. The van der Waals surface area contributed by atoms with E-state index in [2.05, 4.69) is 15.7 Å². The summed E-state index contributed by atoms with van der Waals surface area (Å²) in [4.78, 5) is 34.2. The fraction of sp³-hybridized carbons (Fsp3) is 0.310. The third kappa shape index (κ3) is 5.49. The highest BCUT2D eigenvalue weighted by Crippen LogP contribution is 2.30. The molecule has 1 fully saturated rings. The fourth-order valence-corrected chi connectivity index (χ4v) is 4.71. The van der Waals surface area contributed by atoms with Crippen LogP contribution in [0.25, 0.3) is 5.65 Å². The van der Waals surface area contributed by atoms with Crippen LogP contribution in [0.2, 0.25) is 0 Å². The number of fused-ring (bicyclic) bond motifs is 1. The monoisotopic (exact) mass is 543 g/mol. The van der Waals surface area contributed by atoms with E-state index in [0.717, 1.165) is 17.0 Å². The Hall–Kier alpha value is -4.80. The molecule has 11 heteroatoms. The number of hydrogen-bond donors (Lipinski definition) is 2. The number of likely N-dealkylation sites (N-methyl/N-ethyl adjacent to an activating group) is 1. The van der Waals surface area contributed by atoms with Gasteiger partial charge in [-0.05, 0) is 43.2 Å². The molecule has 0 aliphatic carbocycles. The van der Waals surface area contributed by atoms with E-state index in [4.69, 9.17) is 14.5 Å². The Balaban J connectivity index is 1.52. The van der Waals surface area contributed by atoms with Crippen molar-refractivity contribution in [3.8, 4) is 11.5 Å². The smallest absolute Gasteiger partial charge is 0.257 e. The van der Waals surface area contributed by atoms with E-state index in [1.165, 1.54) is 6.20 Å². The molecule has 40 heavy (non-hydrogen) atoms. The first-order valence-electron chi connectivity index (χ1n) is 13.2. The summed E-state index contributed by atoms with van der Waals surface area (Å²) in [6, 6.07) is 16.8. The molecule has 208 valence electrons. The van der Waals surface area contributed by atoms with Gasteiger partial charge in [-0.25, -0.2) is 4.98 Å². The molecule has 0 bridgehead atoms. The molecule has 0 spiro atoms. The number of ether oxygens (including phenoxy) is 2. The molecule has 1 unspecified atom stereocenters. The Kier molecular flexibility index (Phi) is 7.72. The third-order valence-corrected chi connectivity index (χ3v) is 6.85. The van der Waals surface area contributed by atoms with Gasteiger partial charge in [0, 0.05) is 33.3 Å². The van der Waals surface area contributed by atoms with Crippen LogP contribution in [-0.4, -0.2) is 71.7 Å². The molecule has 5 rings (SSSR count). The van der Waals surface area contributed by atoms with Crippen molar-refractivity contribution in [2.24, 2.45) is 0 Å². The second-order valence-corrected chi connectivity index (χ2v) is 9.63. The van der Waals surface area contributed by atoms with Crippen LogP contribution in [0.3, 0.4) is 0 Å². The number of rotatable bonds is 10. The molecule has 3 heterocycles. The highest BCUT2D eigenvalue weighted by molar-refractivity contribution is 6.02. The number of carbonyl (C=O) groups excluding carboxylic acids is 2. The molecule has 0 saturated carbocycles. The minimum Gasteiger partial charge on any atom is -0.497 e. The Bertz CT molecular complexity index is 1520. The normalized spacial score (nSPS) is 14.8. The van der Waals surface area contributed by atoms with Crippen LogP contribution in [0.15, 0.2) is 60.8 Å². The number of likely N-dealkylation sites (tertiary alicyclic amines) is 1. The molecule has 2 N–H and O–H groups in total. The van der Waals surface area contributed by atoms with Crippen LogP contribution >= 0.6 is 0 Å². The van der Waals surface area contributed by atoms with Gasteiger partial charge in [-0.1, -0.05) is 24.3 Å². The maximum atomic E-state index is 13.3. The van der Waals surface area contributed by atoms with E-state index in [1.54, 1.807) is 23.6 Å². The molecule has 1 aliphatic heterocycles. The fourth-order valence-electron chi connectivity index (χ4n) is 4.71. The van der Waals surface area contributed by atoms with Gasteiger partial charge < -0.3 is 29.9 Å². The van der Waals surface area contributed by atoms with Gasteiger partial charge in [-0.3, -0.25) is 9.59 Å². The molecular weight excluding hydrogens is 510 g/mol. The third-order valence-electron chi connectivity index (χ3n) is 6.85. The van der Waals surface area contributed by atoms with Crippen molar-refractivity contribution in [3.63, 3.8) is 0 Å². The number of carbonyl (C=O) groups is 2. The summed E-state index contributed by atoms with van der Waals surface area (Å²) in [5.41, 5.74) is 2.46. The lowest BCUT2D eigenvalue weighted by Gasteiger charge is -2.22. The SMILES string of the molecule is CCOc1ccccc1Nc1cc(N(C)Cc2ccc(OC)cc2)n2ncc(C(=O)NC3CCN(C)C3=O)c2n1. The second-order valence-electron chi connectivity index (χ2n) is 9.63. The first-order chi connectivity index (χ1) is 19.4. The largest absolute Gasteiger partial charge is 0.497 e. The first kappa shape index (κ1) is 26.8. The van der Waals surface area contributed by atoms with Gasteiger partial charge in [0.1, 0.15) is 34.7 Å². The van der Waals surface area contributed by atoms with Crippen LogP contribution in [0.4, 0.5) is 17.3 Å². The van der Waals surface area contributed by atoms with Crippen LogP contribution in [0, 0.1) is 0 Å². The van der Waals surface area contributed by atoms with Gasteiger partial charge in [-0.2, -0.15) is 9.61 Å². The molecule has 2 aromatic carbocycles. The van der Waals surface area contributed by atoms with E-state index in [0.29, 0.717) is 49.1 Å². The Morgan fingerprint density at radius 2 is 1.95 bits per heavy atom. The van der Waals surface area contributed by atoms with Crippen molar-refractivity contribution in [2.75, 3.05) is 44.6 Å². The maximum absolute atomic E-state index is 13.3. The number of para-hydroxylation sites is 2. The van der Waals surface area contributed by atoms with E-state index in [1.807, 2.05) is 73.5 Å². The lowest BCUT2D eigenvalue weighted by Crippen LogP contribution is -2.40. The van der Waals surface area contributed by atoms with Gasteiger partial charge in [0.2, 0.25) is 5.91 Å². The molecule has 2 amide bonds. The van der Waals surface area contributed by atoms with Crippen molar-refractivity contribution in [2.45, 2.75) is 25.9 Å². The highest BCUT2D eigenvalue weighted by atomic mass is 16.5. The highest BCUT2D eigenvalue weighted by Gasteiger charge is 2.31. The lowest BCUT2D eigenvalue weighted by molar-refractivity contribution is -0.128. The molecule has 1 aliphatic rings. The molecular formula is C29H33N7O4. The number of nitrogens with zero attached hydrogens (tertiary/aromatic N) is 5. The summed E-state index contributed by atoms with van der Waals surface area (Å²) in [5.74, 6) is 2.21. The van der Waals surface area contributed by atoms with E-state index in [-0.39, 0.29) is 11.5 Å². The van der Waals surface area contributed by atoms with Crippen LogP contribution in [0.5, 0.6) is 11.5 Å². The van der Waals surface area contributed by atoms with Gasteiger partial charge in [-0.15, -0.1) is 0 Å². The Labute approximate surface area is 232 Å². The Morgan fingerprint density at radius 3 is 2.65 bits per heavy atom. The number of nitrogens with one attached hydrogen (secondary N) is 2. The number of anilines is 3. The maximum Gasteiger partial charge on any atom is 0.257 e. The van der Waals surface area contributed by atoms with Gasteiger partial charge in [0.05, 0.1) is 25.6 Å². The zero-order valence-electron chi connectivity index (χ0n) is 23.0. The predicted octanol–water partition coefficient (Wildman–Crippen LogP) is 3.48. The lowest BCUT2D eigenvalue weighted by atomic mass is 10.2. The molecule has 1 saturated heterocycles. The van der Waals surface area contributed by atoms with Crippen molar-refractivity contribution >= 4 is 34.8 Å². The van der Waals surface area contributed by atoms with Crippen LogP contribution in [0.1, 0.15) is 29.3 Å². The van der Waals surface area contributed by atoms with Gasteiger partial charge in [0.25, 0.3) is 5.91 Å². The van der Waals surface area contributed by atoms with Crippen molar-refractivity contribution in [1.82, 2.24) is 24.8 Å². The topological polar surface area (TPSA) is 113 Å². The number of aromatic nitrogens is 3. The van der Waals surface area contributed by atoms with Gasteiger partial charge >= 0.3 is 0 Å². The Morgan fingerprint density at radius 1 is 1.18 bits per heavy atom. The van der Waals surface area contributed by atoms with E-state index < -0.39 is 11.9 Å². The molecule has 4 aromatic rings.